The average molecular weight is 593 g/mol. The molecule has 0 fully saturated rings. The Kier molecular flexibility index (Phi) is 6.98. The predicted octanol–water partition coefficient (Wildman–Crippen LogP) is 4.35. The minimum atomic E-state index is 0. The lowest BCUT2D eigenvalue weighted by molar-refractivity contribution is -0.687. The number of hydrogen-bond acceptors (Lipinski definition) is 2. The highest BCUT2D eigenvalue weighted by atomic mass is 79.9. The molecule has 6 aromatic rings. The second kappa shape index (κ2) is 10.7. The molecule has 0 spiro atoms. The van der Waals surface area contributed by atoms with Gasteiger partial charge in [-0.25, -0.2) is 4.57 Å². The summed E-state index contributed by atoms with van der Waals surface area (Å²) in [6, 6.07) is 37.5. The van der Waals surface area contributed by atoms with Crippen molar-refractivity contribution >= 4 is 50.8 Å². The number of hydrogen-bond donors (Lipinski definition) is 0. The molecule has 0 bridgehead atoms. The van der Waals surface area contributed by atoms with E-state index in [4.69, 9.17) is 0 Å². The van der Waals surface area contributed by atoms with Gasteiger partial charge in [-0.05, 0) is 30.3 Å². The summed E-state index contributed by atoms with van der Waals surface area (Å²) in [6.07, 6.45) is 4.78. The Labute approximate surface area is 242 Å². The number of rotatable bonds is 5. The van der Waals surface area contributed by atoms with Gasteiger partial charge in [0.25, 0.3) is 0 Å². The molecule has 0 unspecified atom stereocenters. The van der Waals surface area contributed by atoms with Crippen molar-refractivity contribution in [2.24, 2.45) is 0 Å². The van der Waals surface area contributed by atoms with E-state index < -0.39 is 0 Å². The molecule has 2 aromatic heterocycles. The Balaban J connectivity index is 0.00000277. The van der Waals surface area contributed by atoms with E-state index in [1.807, 2.05) is 47.4 Å². The van der Waals surface area contributed by atoms with E-state index in [9.17, 15) is 4.79 Å². The number of benzene rings is 4. The van der Waals surface area contributed by atoms with Gasteiger partial charge in [-0.15, -0.1) is 0 Å². The van der Waals surface area contributed by atoms with Crippen molar-refractivity contribution in [1.82, 2.24) is 4.57 Å². The molecular weight excluding hydrogens is 566 g/mol. The van der Waals surface area contributed by atoms with Crippen LogP contribution in [0, 0.1) is 0 Å². The fourth-order valence-electron chi connectivity index (χ4n) is 5.47. The van der Waals surface area contributed by atoms with E-state index >= 15 is 0 Å². The zero-order valence-electron chi connectivity index (χ0n) is 21.2. The summed E-state index contributed by atoms with van der Waals surface area (Å²) < 4.78 is 4.53. The fourth-order valence-corrected chi connectivity index (χ4v) is 6.52. The van der Waals surface area contributed by atoms with Crippen molar-refractivity contribution in [1.29, 1.82) is 0 Å². The number of fused-ring (bicyclic) bond motifs is 5. The molecule has 0 atom stereocenters. The Morgan fingerprint density at radius 1 is 0.692 bits per heavy atom. The molecule has 0 saturated carbocycles. The number of halogens is 1. The summed E-state index contributed by atoms with van der Waals surface area (Å²) in [5.41, 5.74) is 5.50. The summed E-state index contributed by atoms with van der Waals surface area (Å²) in [7, 11) is 0. The second-order valence-electron chi connectivity index (χ2n) is 9.59. The largest absolute Gasteiger partial charge is 1.00 e. The van der Waals surface area contributed by atoms with Gasteiger partial charge in [0, 0.05) is 45.3 Å². The molecule has 0 aliphatic carbocycles. The molecule has 0 radical (unpaired) electrons. The van der Waals surface area contributed by atoms with E-state index in [2.05, 4.69) is 88.3 Å². The maximum Gasteiger partial charge on any atom is 0.233 e. The molecule has 1 amide bonds. The third-order valence-corrected chi connectivity index (χ3v) is 8.34. The van der Waals surface area contributed by atoms with Crippen LogP contribution in [0.15, 0.2) is 131 Å². The predicted molar refractivity (Wildman–Crippen MR) is 154 cm³/mol. The van der Waals surface area contributed by atoms with E-state index in [1.165, 1.54) is 16.3 Å². The van der Waals surface area contributed by atoms with Crippen LogP contribution in [0.5, 0.6) is 0 Å². The molecule has 0 N–H and O–H groups in total. The maximum atomic E-state index is 13.8. The quantitative estimate of drug-likeness (QED) is 0.279. The van der Waals surface area contributed by atoms with Crippen molar-refractivity contribution in [3.8, 4) is 0 Å². The summed E-state index contributed by atoms with van der Waals surface area (Å²) in [4.78, 5) is 18.0. The molecule has 7 rings (SSSR count). The first-order valence-corrected chi connectivity index (χ1v) is 13.7. The number of anilines is 2. The monoisotopic (exact) mass is 591 g/mol. The average Bonchev–Trinajstić information content (AvgIpc) is 3.28. The summed E-state index contributed by atoms with van der Waals surface area (Å²) in [5.74, 6) is 0.103. The van der Waals surface area contributed by atoms with E-state index in [0.717, 1.165) is 38.7 Å². The van der Waals surface area contributed by atoms with E-state index in [1.54, 1.807) is 11.8 Å². The molecule has 192 valence electrons. The van der Waals surface area contributed by atoms with E-state index in [-0.39, 0.29) is 22.9 Å². The van der Waals surface area contributed by atoms with Gasteiger partial charge in [0.15, 0.2) is 18.9 Å². The molecule has 1 aliphatic rings. The normalized spacial score (nSPS) is 12.2. The van der Waals surface area contributed by atoms with Gasteiger partial charge in [0.2, 0.25) is 5.91 Å². The fraction of sp³-hybridized carbons (Fsp3) is 0.0909. The minimum Gasteiger partial charge on any atom is -1.00 e. The molecule has 4 aromatic carbocycles. The molecular formula is C33H26BrN3OS. The smallest absolute Gasteiger partial charge is 0.233 e. The Bertz CT molecular complexity index is 1770. The molecule has 6 heteroatoms. The molecule has 1 aliphatic heterocycles. The van der Waals surface area contributed by atoms with Gasteiger partial charge < -0.3 is 21.5 Å². The minimum absolute atomic E-state index is 0. The van der Waals surface area contributed by atoms with Gasteiger partial charge in [-0.3, -0.25) is 9.69 Å². The molecule has 3 heterocycles. The first kappa shape index (κ1) is 25.4. The number of carbonyl (C=O) groups excluding carboxylic acids is 1. The summed E-state index contributed by atoms with van der Waals surface area (Å²) >= 11 is 1.72. The van der Waals surface area contributed by atoms with Crippen molar-refractivity contribution in [2.45, 2.75) is 29.3 Å². The topological polar surface area (TPSA) is 29.1 Å². The number of nitrogens with zero attached hydrogens (tertiary/aromatic N) is 3. The van der Waals surface area contributed by atoms with Crippen LogP contribution in [0.4, 0.5) is 11.4 Å². The highest BCUT2D eigenvalue weighted by Crippen LogP contribution is 2.48. The van der Waals surface area contributed by atoms with Crippen LogP contribution >= 0.6 is 11.8 Å². The summed E-state index contributed by atoms with van der Waals surface area (Å²) in [6.45, 7) is 1.43. The van der Waals surface area contributed by atoms with Gasteiger partial charge in [-0.2, -0.15) is 0 Å². The van der Waals surface area contributed by atoms with Crippen molar-refractivity contribution < 1.29 is 26.3 Å². The van der Waals surface area contributed by atoms with Crippen LogP contribution in [0.3, 0.4) is 0 Å². The standard InChI is InChI=1S/C33H26N3OS.BrH/c37-33(36-29-14-6-8-16-31(29)38-32-17-9-7-15-30(32)36)19-21-35-27-13-5-4-12-25(27)26-23-34(20-18-28(26)35)22-24-10-2-1-3-11-24;/h1-18,20,23H,19,21-22H2;1H/q+1;/p-1. The highest BCUT2D eigenvalue weighted by Gasteiger charge is 2.28. The van der Waals surface area contributed by atoms with Crippen molar-refractivity contribution in [3.05, 3.63) is 127 Å². The number of aryl methyl sites for hydroxylation is 1. The number of pyridine rings is 1. The molecule has 0 saturated heterocycles. The third-order valence-electron chi connectivity index (χ3n) is 7.21. The van der Waals surface area contributed by atoms with Crippen LogP contribution in [0.25, 0.3) is 21.8 Å². The number of amides is 1. The van der Waals surface area contributed by atoms with E-state index in [0.29, 0.717) is 13.0 Å². The first-order valence-electron chi connectivity index (χ1n) is 12.9. The summed E-state index contributed by atoms with van der Waals surface area (Å²) in [5, 5.41) is 2.42. The lowest BCUT2D eigenvalue weighted by Crippen LogP contribution is -3.00. The number of carbonyl (C=O) groups is 1. The lowest BCUT2D eigenvalue weighted by Gasteiger charge is -2.31. The molecule has 4 nitrogen and oxygen atoms in total. The van der Waals surface area contributed by atoms with Gasteiger partial charge in [0.1, 0.15) is 0 Å². The lowest BCUT2D eigenvalue weighted by atomic mass is 10.2. The second-order valence-corrected chi connectivity index (χ2v) is 10.7. The SMILES string of the molecule is O=C(CCn1c2ccccc2c2c[n+](Cc3ccccc3)ccc21)N1c2ccccc2Sc2ccccc21.[Br-]. The van der Waals surface area contributed by atoms with Crippen molar-refractivity contribution in [3.63, 3.8) is 0 Å². The van der Waals surface area contributed by atoms with Crippen LogP contribution in [0.1, 0.15) is 12.0 Å². The van der Waals surface area contributed by atoms with Crippen LogP contribution in [-0.4, -0.2) is 10.5 Å². The van der Waals surface area contributed by atoms with Crippen LogP contribution in [0.2, 0.25) is 0 Å². The van der Waals surface area contributed by atoms with Crippen molar-refractivity contribution in [2.75, 3.05) is 4.90 Å². The third kappa shape index (κ3) is 4.64. The number of aromatic nitrogens is 2. The highest BCUT2D eigenvalue weighted by molar-refractivity contribution is 7.99. The van der Waals surface area contributed by atoms with Crippen LogP contribution in [-0.2, 0) is 17.9 Å². The van der Waals surface area contributed by atoms with Gasteiger partial charge in [-0.1, -0.05) is 84.6 Å². The maximum absolute atomic E-state index is 13.8. The van der Waals surface area contributed by atoms with Crippen LogP contribution < -0.4 is 26.4 Å². The zero-order valence-corrected chi connectivity index (χ0v) is 23.6. The van der Waals surface area contributed by atoms with Gasteiger partial charge in [0.05, 0.1) is 22.3 Å². The Hall–Kier alpha value is -3.87. The number of para-hydroxylation sites is 3. The Morgan fingerprint density at radius 2 is 1.31 bits per heavy atom. The zero-order chi connectivity index (χ0) is 25.5. The van der Waals surface area contributed by atoms with Gasteiger partial charge >= 0.3 is 0 Å². The molecule has 39 heavy (non-hydrogen) atoms. The first-order chi connectivity index (χ1) is 18.8. The Morgan fingerprint density at radius 3 is 2.05 bits per heavy atom.